The van der Waals surface area contributed by atoms with Crippen molar-refractivity contribution in [3.63, 3.8) is 0 Å². The lowest BCUT2D eigenvalue weighted by Gasteiger charge is -2.27. The number of nitriles is 2. The summed E-state index contributed by atoms with van der Waals surface area (Å²) < 4.78 is 27.8. The van der Waals surface area contributed by atoms with E-state index in [0.717, 1.165) is 20.5 Å². The topological polar surface area (TPSA) is 288 Å². The summed E-state index contributed by atoms with van der Waals surface area (Å²) >= 11 is 2.35. The molecule has 402 valence electrons. The Labute approximate surface area is 447 Å². The molecule has 2 atom stereocenters. The molecule has 6 aromatic heterocycles. The van der Waals surface area contributed by atoms with Gasteiger partial charge in [0.05, 0.1) is 101 Å². The Morgan fingerprint density at radius 2 is 1.03 bits per heavy atom. The molecule has 23 nitrogen and oxygen atoms in total. The summed E-state index contributed by atoms with van der Waals surface area (Å²) in [5.74, 6) is -0.513. The van der Waals surface area contributed by atoms with E-state index >= 15 is 0 Å². The monoisotopic (exact) mass is 1090 g/mol. The molecule has 0 unspecified atom stereocenters. The molecule has 8 rings (SSSR count). The number of ketones is 1. The van der Waals surface area contributed by atoms with Crippen LogP contribution in [0.3, 0.4) is 0 Å². The SMILES string of the molecule is CCC(=O)C(C)(C)n1c(=O)c2c(C)c(-n3nccn3)sc2n(C[C@H](OCCC#N)c2ccccc2OC)c1=O.COc1ccccc1[C@H](Cn1c(=O)n(C(C)(C)C(=O)O)c(=O)c2c(C)c(-n3nccn3)sc21)OCCC#N. The molecule has 0 aliphatic carbocycles. The molecule has 0 aliphatic heterocycles. The van der Waals surface area contributed by atoms with Crippen LogP contribution in [0.2, 0.25) is 0 Å². The summed E-state index contributed by atoms with van der Waals surface area (Å²) in [5, 5.41) is 46.4. The van der Waals surface area contributed by atoms with Crippen LogP contribution < -0.4 is 32.0 Å². The maximum absolute atomic E-state index is 14.1. The quantitative estimate of drug-likeness (QED) is 0.0793. The maximum atomic E-state index is 14.1. The van der Waals surface area contributed by atoms with Crippen LogP contribution >= 0.6 is 22.7 Å². The Balaban J connectivity index is 0.000000224. The third-order valence-corrected chi connectivity index (χ3v) is 15.5. The molecule has 1 N–H and O–H groups in total. The first-order valence-electron chi connectivity index (χ1n) is 24.1. The zero-order valence-electron chi connectivity index (χ0n) is 43.7. The Bertz CT molecular complexity index is 3800. The molecule has 0 amide bonds. The number of benzene rings is 2. The average Bonchev–Trinajstić information content (AvgIpc) is 4.33. The summed E-state index contributed by atoms with van der Waals surface area (Å²) in [6, 6.07) is 18.5. The van der Waals surface area contributed by atoms with E-state index in [4.69, 9.17) is 29.5 Å². The highest BCUT2D eigenvalue weighted by Gasteiger charge is 2.37. The van der Waals surface area contributed by atoms with Crippen molar-refractivity contribution in [2.45, 2.75) is 104 Å². The number of thiophene rings is 2. The van der Waals surface area contributed by atoms with Crippen LogP contribution in [0.5, 0.6) is 11.5 Å². The fourth-order valence-corrected chi connectivity index (χ4v) is 11.3. The third kappa shape index (κ3) is 10.9. The molecule has 0 aliphatic rings. The molecule has 6 heterocycles. The van der Waals surface area contributed by atoms with Crippen molar-refractivity contribution < 1.29 is 33.6 Å². The molecular formula is C52H56N12O11S2. The number of hydrogen-bond acceptors (Lipinski definition) is 18. The van der Waals surface area contributed by atoms with Gasteiger partial charge in [-0.25, -0.2) is 23.5 Å². The Kier molecular flexibility index (Phi) is 17.3. The highest BCUT2D eigenvalue weighted by Crippen LogP contribution is 2.36. The number of aromatic nitrogens is 10. The number of aliphatic carboxylic acids is 1. The smallest absolute Gasteiger partial charge is 0.333 e. The fourth-order valence-electron chi connectivity index (χ4n) is 8.82. The number of carboxylic acid groups (broad SMARTS) is 1. The molecule has 2 aromatic carbocycles. The molecule has 77 heavy (non-hydrogen) atoms. The molecule has 0 saturated heterocycles. The van der Waals surface area contributed by atoms with Gasteiger partial charge in [0.2, 0.25) is 0 Å². The van der Waals surface area contributed by atoms with Gasteiger partial charge in [0.25, 0.3) is 11.1 Å². The lowest BCUT2D eigenvalue weighted by atomic mass is 9.96. The molecule has 0 saturated carbocycles. The van der Waals surface area contributed by atoms with Crippen molar-refractivity contribution in [1.82, 2.24) is 48.3 Å². The molecular weight excluding hydrogens is 1030 g/mol. The van der Waals surface area contributed by atoms with E-state index < -0.39 is 51.8 Å². The van der Waals surface area contributed by atoms with Crippen molar-refractivity contribution in [3.05, 3.63) is 137 Å². The Hall–Kier alpha value is -8.36. The van der Waals surface area contributed by atoms with Crippen LogP contribution in [0.1, 0.15) is 88.3 Å². The zero-order chi connectivity index (χ0) is 55.9. The van der Waals surface area contributed by atoms with E-state index in [-0.39, 0.29) is 56.7 Å². The number of carboxylic acids is 1. The van der Waals surface area contributed by atoms with Crippen LogP contribution in [-0.4, -0.2) is 92.5 Å². The summed E-state index contributed by atoms with van der Waals surface area (Å²) in [4.78, 5) is 84.2. The predicted molar refractivity (Wildman–Crippen MR) is 285 cm³/mol. The number of carbonyl (C=O) groups is 2. The van der Waals surface area contributed by atoms with Crippen LogP contribution in [0.15, 0.2) is 92.5 Å². The molecule has 0 fully saturated rings. The van der Waals surface area contributed by atoms with Gasteiger partial charge in [-0.05, 0) is 53.7 Å². The normalized spacial score (nSPS) is 12.4. The van der Waals surface area contributed by atoms with Gasteiger partial charge in [0.1, 0.15) is 54.4 Å². The third-order valence-electron chi connectivity index (χ3n) is 13.0. The molecule has 0 spiro atoms. The first-order chi connectivity index (χ1) is 36.8. The lowest BCUT2D eigenvalue weighted by Crippen LogP contribution is -2.52. The predicted octanol–water partition coefficient (Wildman–Crippen LogP) is 6.12. The van der Waals surface area contributed by atoms with Crippen molar-refractivity contribution in [1.29, 1.82) is 10.5 Å². The van der Waals surface area contributed by atoms with Crippen LogP contribution in [0.25, 0.3) is 30.4 Å². The molecule has 0 bridgehead atoms. The van der Waals surface area contributed by atoms with Gasteiger partial charge in [-0.15, -0.1) is 9.59 Å². The first kappa shape index (κ1) is 56.4. The zero-order valence-corrected chi connectivity index (χ0v) is 45.4. The lowest BCUT2D eigenvalue weighted by molar-refractivity contribution is -0.146. The number of methoxy groups -OCH3 is 2. The summed E-state index contributed by atoms with van der Waals surface area (Å²) in [7, 11) is 3.05. The van der Waals surface area contributed by atoms with Crippen molar-refractivity contribution in [2.24, 2.45) is 0 Å². The van der Waals surface area contributed by atoms with Gasteiger partial charge in [-0.2, -0.15) is 30.9 Å². The van der Waals surface area contributed by atoms with Gasteiger partial charge < -0.3 is 24.1 Å². The number of nitrogens with zero attached hydrogens (tertiary/aromatic N) is 12. The minimum Gasteiger partial charge on any atom is -0.496 e. The van der Waals surface area contributed by atoms with Crippen LogP contribution in [0, 0.1) is 36.5 Å². The number of para-hydroxylation sites is 2. The number of hydrogen-bond donors (Lipinski definition) is 1. The van der Waals surface area contributed by atoms with Gasteiger partial charge in [0, 0.05) is 28.7 Å². The second kappa shape index (κ2) is 23.7. The minimum atomic E-state index is -1.84. The first-order valence-corrected chi connectivity index (χ1v) is 25.8. The van der Waals surface area contributed by atoms with Crippen LogP contribution in [0.4, 0.5) is 0 Å². The van der Waals surface area contributed by atoms with E-state index in [9.17, 15) is 33.9 Å². The number of aryl methyl sites for hydroxylation is 2. The van der Waals surface area contributed by atoms with E-state index in [0.29, 0.717) is 58.8 Å². The molecule has 0 radical (unpaired) electrons. The largest absolute Gasteiger partial charge is 0.496 e. The summed E-state index contributed by atoms with van der Waals surface area (Å²) in [6.07, 6.45) is 5.01. The van der Waals surface area contributed by atoms with Crippen molar-refractivity contribution in [3.8, 4) is 33.6 Å². The van der Waals surface area contributed by atoms with Gasteiger partial charge in [-0.1, -0.05) is 66.0 Å². The Morgan fingerprint density at radius 1 is 0.649 bits per heavy atom. The fraction of sp³-hybridized carbons (Fsp3) is 0.385. The number of Topliss-reactive ketones (excluding diaryl/α,β-unsaturated/α-hetero) is 1. The summed E-state index contributed by atoms with van der Waals surface area (Å²) in [5.41, 5.74) is -3.53. The molecule has 8 aromatic rings. The van der Waals surface area contributed by atoms with E-state index in [1.165, 1.54) is 75.8 Å². The van der Waals surface area contributed by atoms with Crippen LogP contribution in [-0.2, 0) is 43.2 Å². The summed E-state index contributed by atoms with van der Waals surface area (Å²) in [6.45, 7) is 11.1. The number of carbonyl (C=O) groups excluding carboxylic acids is 1. The van der Waals surface area contributed by atoms with Gasteiger partial charge in [0.15, 0.2) is 5.78 Å². The highest BCUT2D eigenvalue weighted by atomic mass is 32.1. The highest BCUT2D eigenvalue weighted by molar-refractivity contribution is 7.21. The number of ether oxygens (including phenoxy) is 4. The second-order valence-electron chi connectivity index (χ2n) is 18.3. The van der Waals surface area contributed by atoms with E-state index in [1.54, 1.807) is 72.1 Å². The standard InChI is InChI=1S/C27H30N6O5S.C25H26N6O6S/c1-6-21(34)27(3,4)32-23(35)22-17(2)24(33-29-13-14-30-33)39-25(22)31(26(32)36)16-20(38-15-9-12-28)18-10-7-8-11-19(18)37-5;1-15-19-20(32)30(25(2,3)23(33)34)24(35)29(22(19)38-21(15)31-27-11-12-28-31)14-18(37-13-7-10-26)16-8-5-6-9-17(16)36-4/h7-8,10-11,13-14,20H,6,9,15-16H2,1-5H3;5-6,8-9,11-12,18H,7,13-14H2,1-4H3,(H,33,34)/t20-;18-/m00/s1. The van der Waals surface area contributed by atoms with Gasteiger partial charge in [-0.3, -0.25) is 23.5 Å². The molecule has 25 heteroatoms. The van der Waals surface area contributed by atoms with E-state index in [2.05, 4.69) is 26.5 Å². The maximum Gasteiger partial charge on any atom is 0.333 e. The number of rotatable bonds is 21. The van der Waals surface area contributed by atoms with Gasteiger partial charge >= 0.3 is 17.3 Å². The average molecular weight is 1090 g/mol. The van der Waals surface area contributed by atoms with Crippen molar-refractivity contribution >= 4 is 54.9 Å². The van der Waals surface area contributed by atoms with Crippen molar-refractivity contribution in [2.75, 3.05) is 27.4 Å². The Morgan fingerprint density at radius 3 is 1.38 bits per heavy atom. The second-order valence-corrected chi connectivity index (χ2v) is 20.3. The minimum absolute atomic E-state index is 0.00371. The van der Waals surface area contributed by atoms with E-state index in [1.807, 2.05) is 24.3 Å². The number of fused-ring (bicyclic) bond motifs is 2.